The van der Waals surface area contributed by atoms with E-state index in [2.05, 4.69) is 10.3 Å². The van der Waals surface area contributed by atoms with Crippen molar-refractivity contribution in [3.8, 4) is 0 Å². The van der Waals surface area contributed by atoms with E-state index in [0.717, 1.165) is 16.5 Å². The van der Waals surface area contributed by atoms with Crippen LogP contribution in [0, 0.1) is 0 Å². The Labute approximate surface area is 106 Å². The van der Waals surface area contributed by atoms with Crippen molar-refractivity contribution < 1.29 is 9.53 Å². The SMILES string of the molecule is CCNC(C(=O)OC)c1cccc2cccnc12. The lowest BCUT2D eigenvalue weighted by atomic mass is 10.0. The van der Waals surface area contributed by atoms with E-state index in [1.165, 1.54) is 7.11 Å². The minimum Gasteiger partial charge on any atom is -0.468 e. The average molecular weight is 244 g/mol. The molecule has 1 unspecified atom stereocenters. The average Bonchev–Trinajstić information content (AvgIpc) is 2.43. The standard InChI is InChI=1S/C14H16N2O2/c1-3-15-13(14(17)18-2)11-8-4-6-10-7-5-9-16-12(10)11/h4-9,13,15H,3H2,1-2H3. The Morgan fingerprint density at radius 3 is 2.89 bits per heavy atom. The number of aromatic nitrogens is 1. The van der Waals surface area contributed by atoms with Crippen molar-refractivity contribution in [2.45, 2.75) is 13.0 Å². The Kier molecular flexibility index (Phi) is 3.89. The van der Waals surface area contributed by atoms with E-state index in [9.17, 15) is 4.79 Å². The van der Waals surface area contributed by atoms with Gasteiger partial charge < -0.3 is 10.1 Å². The molecule has 1 atom stereocenters. The van der Waals surface area contributed by atoms with E-state index in [1.807, 2.05) is 37.3 Å². The minimum absolute atomic E-state index is 0.296. The summed E-state index contributed by atoms with van der Waals surface area (Å²) < 4.78 is 4.84. The highest BCUT2D eigenvalue weighted by Crippen LogP contribution is 2.23. The lowest BCUT2D eigenvalue weighted by molar-refractivity contribution is -0.143. The minimum atomic E-state index is -0.474. The van der Waals surface area contributed by atoms with Gasteiger partial charge in [0, 0.05) is 17.1 Å². The van der Waals surface area contributed by atoms with Crippen LogP contribution in [0.4, 0.5) is 0 Å². The lowest BCUT2D eigenvalue weighted by Crippen LogP contribution is -2.29. The summed E-state index contributed by atoms with van der Waals surface area (Å²) in [5.74, 6) is -0.296. The van der Waals surface area contributed by atoms with Crippen LogP contribution in [0.25, 0.3) is 10.9 Å². The van der Waals surface area contributed by atoms with Gasteiger partial charge in [-0.25, -0.2) is 4.79 Å². The fourth-order valence-corrected chi connectivity index (χ4v) is 2.00. The first kappa shape index (κ1) is 12.5. The highest BCUT2D eigenvalue weighted by molar-refractivity contribution is 5.88. The number of esters is 1. The molecule has 1 heterocycles. The third kappa shape index (κ3) is 2.33. The fourth-order valence-electron chi connectivity index (χ4n) is 2.00. The van der Waals surface area contributed by atoms with Gasteiger partial charge in [0.25, 0.3) is 0 Å². The zero-order chi connectivity index (χ0) is 13.0. The molecular formula is C14H16N2O2. The summed E-state index contributed by atoms with van der Waals surface area (Å²) in [5.41, 5.74) is 1.68. The van der Waals surface area contributed by atoms with Gasteiger partial charge in [-0.1, -0.05) is 31.2 Å². The van der Waals surface area contributed by atoms with E-state index < -0.39 is 6.04 Å². The van der Waals surface area contributed by atoms with Gasteiger partial charge in [-0.3, -0.25) is 4.98 Å². The maximum atomic E-state index is 11.8. The van der Waals surface area contributed by atoms with Crippen molar-refractivity contribution in [1.82, 2.24) is 10.3 Å². The second-order valence-corrected chi connectivity index (χ2v) is 3.94. The predicted molar refractivity (Wildman–Crippen MR) is 70.2 cm³/mol. The number of benzene rings is 1. The number of pyridine rings is 1. The van der Waals surface area contributed by atoms with Gasteiger partial charge in [-0.15, -0.1) is 0 Å². The predicted octanol–water partition coefficient (Wildman–Crippen LogP) is 2.06. The summed E-state index contributed by atoms with van der Waals surface area (Å²) in [6.07, 6.45) is 1.73. The van der Waals surface area contributed by atoms with Crippen molar-refractivity contribution >= 4 is 16.9 Å². The molecule has 0 bridgehead atoms. The van der Waals surface area contributed by atoms with Crippen molar-refractivity contribution in [2.24, 2.45) is 0 Å². The molecular weight excluding hydrogens is 228 g/mol. The summed E-state index contributed by atoms with van der Waals surface area (Å²) >= 11 is 0. The summed E-state index contributed by atoms with van der Waals surface area (Å²) in [6, 6.07) is 9.19. The normalized spacial score (nSPS) is 12.3. The monoisotopic (exact) mass is 244 g/mol. The Hall–Kier alpha value is -1.94. The molecule has 0 aliphatic heterocycles. The molecule has 2 rings (SSSR count). The molecule has 0 aliphatic rings. The van der Waals surface area contributed by atoms with Crippen molar-refractivity contribution in [3.63, 3.8) is 0 Å². The first-order valence-corrected chi connectivity index (χ1v) is 5.92. The molecule has 4 nitrogen and oxygen atoms in total. The number of hydrogen-bond acceptors (Lipinski definition) is 4. The summed E-state index contributed by atoms with van der Waals surface area (Å²) in [6.45, 7) is 2.64. The first-order chi connectivity index (χ1) is 8.77. The fraction of sp³-hybridized carbons (Fsp3) is 0.286. The van der Waals surface area contributed by atoms with Crippen LogP contribution in [-0.4, -0.2) is 24.6 Å². The Bertz CT molecular complexity index is 549. The van der Waals surface area contributed by atoms with E-state index in [1.54, 1.807) is 6.20 Å². The number of nitrogens with zero attached hydrogens (tertiary/aromatic N) is 1. The number of nitrogens with one attached hydrogen (secondary N) is 1. The van der Waals surface area contributed by atoms with Crippen molar-refractivity contribution in [3.05, 3.63) is 42.1 Å². The topological polar surface area (TPSA) is 51.2 Å². The third-order valence-electron chi connectivity index (χ3n) is 2.82. The van der Waals surface area contributed by atoms with Crippen LogP contribution in [0.15, 0.2) is 36.5 Å². The highest BCUT2D eigenvalue weighted by atomic mass is 16.5. The quantitative estimate of drug-likeness (QED) is 0.836. The molecule has 0 radical (unpaired) electrons. The van der Waals surface area contributed by atoms with Crippen LogP contribution < -0.4 is 5.32 Å². The number of fused-ring (bicyclic) bond motifs is 1. The lowest BCUT2D eigenvalue weighted by Gasteiger charge is -2.17. The second-order valence-electron chi connectivity index (χ2n) is 3.94. The van der Waals surface area contributed by atoms with Gasteiger partial charge in [-0.05, 0) is 12.6 Å². The number of likely N-dealkylation sites (N-methyl/N-ethyl adjacent to an activating group) is 1. The molecule has 1 aromatic heterocycles. The molecule has 94 valence electrons. The Balaban J connectivity index is 2.53. The van der Waals surface area contributed by atoms with Gasteiger partial charge in [0.05, 0.1) is 12.6 Å². The molecule has 18 heavy (non-hydrogen) atoms. The number of para-hydroxylation sites is 1. The largest absolute Gasteiger partial charge is 0.468 e. The molecule has 2 aromatic rings. The van der Waals surface area contributed by atoms with Crippen LogP contribution in [0.1, 0.15) is 18.5 Å². The van der Waals surface area contributed by atoms with Crippen LogP contribution in [0.3, 0.4) is 0 Å². The molecule has 0 aliphatic carbocycles. The summed E-state index contributed by atoms with van der Waals surface area (Å²) in [7, 11) is 1.39. The number of carbonyl (C=O) groups excluding carboxylic acids is 1. The molecule has 0 saturated carbocycles. The van der Waals surface area contributed by atoms with E-state index in [-0.39, 0.29) is 5.97 Å². The van der Waals surface area contributed by atoms with E-state index >= 15 is 0 Å². The first-order valence-electron chi connectivity index (χ1n) is 5.92. The van der Waals surface area contributed by atoms with Crippen LogP contribution >= 0.6 is 0 Å². The summed E-state index contributed by atoms with van der Waals surface area (Å²) in [4.78, 5) is 16.2. The maximum absolute atomic E-state index is 11.8. The second kappa shape index (κ2) is 5.60. The van der Waals surface area contributed by atoms with E-state index in [0.29, 0.717) is 6.54 Å². The highest BCUT2D eigenvalue weighted by Gasteiger charge is 2.22. The Morgan fingerprint density at radius 2 is 2.17 bits per heavy atom. The smallest absolute Gasteiger partial charge is 0.327 e. The van der Waals surface area contributed by atoms with Gasteiger partial charge >= 0.3 is 5.97 Å². The zero-order valence-corrected chi connectivity index (χ0v) is 10.5. The van der Waals surface area contributed by atoms with Gasteiger partial charge in [0.2, 0.25) is 0 Å². The molecule has 0 spiro atoms. The van der Waals surface area contributed by atoms with Crippen LogP contribution in [-0.2, 0) is 9.53 Å². The molecule has 1 N–H and O–H groups in total. The van der Waals surface area contributed by atoms with Crippen LogP contribution in [0.5, 0.6) is 0 Å². The number of rotatable bonds is 4. The van der Waals surface area contributed by atoms with E-state index in [4.69, 9.17) is 4.74 Å². The van der Waals surface area contributed by atoms with Crippen molar-refractivity contribution in [2.75, 3.05) is 13.7 Å². The molecule has 4 heteroatoms. The zero-order valence-electron chi connectivity index (χ0n) is 10.5. The number of hydrogen-bond donors (Lipinski definition) is 1. The molecule has 0 fully saturated rings. The Morgan fingerprint density at radius 1 is 1.39 bits per heavy atom. The van der Waals surface area contributed by atoms with Gasteiger partial charge in [0.15, 0.2) is 0 Å². The van der Waals surface area contributed by atoms with Crippen molar-refractivity contribution in [1.29, 1.82) is 0 Å². The molecule has 0 amide bonds. The molecule has 1 aromatic carbocycles. The third-order valence-corrected chi connectivity index (χ3v) is 2.82. The van der Waals surface area contributed by atoms with Gasteiger partial charge in [0.1, 0.15) is 6.04 Å². The van der Waals surface area contributed by atoms with Crippen LogP contribution in [0.2, 0.25) is 0 Å². The molecule has 0 saturated heterocycles. The summed E-state index contributed by atoms with van der Waals surface area (Å²) in [5, 5.41) is 4.14. The number of ether oxygens (including phenoxy) is 1. The number of methoxy groups -OCH3 is 1. The van der Waals surface area contributed by atoms with Gasteiger partial charge in [-0.2, -0.15) is 0 Å². The maximum Gasteiger partial charge on any atom is 0.327 e. The number of carbonyl (C=O) groups is 1.